The summed E-state index contributed by atoms with van der Waals surface area (Å²) < 4.78 is 0. The van der Waals surface area contributed by atoms with E-state index in [1.807, 2.05) is 18.2 Å². The monoisotopic (exact) mass is 183 g/mol. The van der Waals surface area contributed by atoms with Crippen molar-refractivity contribution in [2.24, 2.45) is 0 Å². The minimum atomic E-state index is 0.722. The summed E-state index contributed by atoms with van der Waals surface area (Å²) in [6.45, 7) is 0. The van der Waals surface area contributed by atoms with Crippen LogP contribution in [0.1, 0.15) is 0 Å². The number of fused-ring (bicyclic) bond motifs is 3. The van der Waals surface area contributed by atoms with Crippen molar-refractivity contribution in [3.8, 4) is 0 Å². The number of rotatable bonds is 0. The van der Waals surface area contributed by atoms with Crippen molar-refractivity contribution in [1.29, 1.82) is 0 Å². The molecule has 0 aliphatic rings. The summed E-state index contributed by atoms with van der Waals surface area (Å²) in [5, 5.41) is 2.22. The largest absolute Gasteiger partial charge is 0.397 e. The maximum Gasteiger partial charge on any atom is 0.0672 e. The van der Waals surface area contributed by atoms with Gasteiger partial charge in [-0.2, -0.15) is 0 Å². The molecule has 0 unspecified atom stereocenters. The summed E-state index contributed by atoms with van der Waals surface area (Å²) in [6.07, 6.45) is 3.48. The first-order valence-electron chi connectivity index (χ1n) is 4.46. The molecule has 3 rings (SSSR count). The molecule has 1 aromatic carbocycles. The number of hydrogen-bond donors (Lipinski definition) is 2. The Morgan fingerprint density at radius 2 is 1.93 bits per heavy atom. The van der Waals surface area contributed by atoms with E-state index in [4.69, 9.17) is 5.73 Å². The van der Waals surface area contributed by atoms with E-state index >= 15 is 0 Å². The van der Waals surface area contributed by atoms with Crippen LogP contribution in [0.25, 0.3) is 21.8 Å². The third-order valence-corrected chi connectivity index (χ3v) is 2.44. The van der Waals surface area contributed by atoms with Gasteiger partial charge in [0.25, 0.3) is 0 Å². The smallest absolute Gasteiger partial charge is 0.0672 e. The zero-order chi connectivity index (χ0) is 9.54. The molecule has 0 amide bonds. The van der Waals surface area contributed by atoms with E-state index < -0.39 is 0 Å². The highest BCUT2D eigenvalue weighted by Crippen LogP contribution is 2.28. The highest BCUT2D eigenvalue weighted by Gasteiger charge is 2.05. The summed E-state index contributed by atoms with van der Waals surface area (Å²) >= 11 is 0. The number of nitrogens with two attached hydrogens (primary N) is 1. The zero-order valence-corrected chi connectivity index (χ0v) is 7.49. The van der Waals surface area contributed by atoms with Crippen molar-refractivity contribution in [2.45, 2.75) is 0 Å². The van der Waals surface area contributed by atoms with E-state index in [0.29, 0.717) is 0 Å². The van der Waals surface area contributed by atoms with E-state index in [9.17, 15) is 0 Å². The Bertz CT molecular complexity index is 610. The number of aromatic nitrogens is 2. The molecule has 3 N–H and O–H groups in total. The van der Waals surface area contributed by atoms with Crippen molar-refractivity contribution >= 4 is 27.5 Å². The number of benzene rings is 1. The van der Waals surface area contributed by atoms with Crippen LogP contribution in [0.4, 0.5) is 5.69 Å². The molecule has 0 fully saturated rings. The van der Waals surface area contributed by atoms with Crippen LogP contribution < -0.4 is 5.73 Å². The molecule has 0 aliphatic carbocycles. The lowest BCUT2D eigenvalue weighted by molar-refractivity contribution is 1.35. The maximum atomic E-state index is 5.88. The Morgan fingerprint density at radius 3 is 2.86 bits per heavy atom. The highest BCUT2D eigenvalue weighted by molar-refractivity contribution is 6.12. The van der Waals surface area contributed by atoms with Crippen LogP contribution in [0, 0.1) is 0 Å². The molecule has 0 atom stereocenters. The quantitative estimate of drug-likeness (QED) is 0.561. The molecule has 3 nitrogen and oxygen atoms in total. The molecule has 0 saturated carbocycles. The van der Waals surface area contributed by atoms with Crippen molar-refractivity contribution in [3.05, 3.63) is 36.7 Å². The minimum Gasteiger partial charge on any atom is -0.397 e. The van der Waals surface area contributed by atoms with Gasteiger partial charge in [-0.05, 0) is 6.07 Å². The molecule has 2 heterocycles. The fraction of sp³-hybridized carbons (Fsp3) is 0. The van der Waals surface area contributed by atoms with Crippen molar-refractivity contribution in [1.82, 2.24) is 9.97 Å². The van der Waals surface area contributed by atoms with Gasteiger partial charge in [-0.25, -0.2) is 0 Å². The fourth-order valence-electron chi connectivity index (χ4n) is 1.83. The number of para-hydroxylation sites is 1. The molecule has 0 bridgehead atoms. The predicted molar refractivity (Wildman–Crippen MR) is 58.0 cm³/mol. The lowest BCUT2D eigenvalue weighted by Gasteiger charge is -1.94. The first-order valence-corrected chi connectivity index (χ1v) is 4.46. The van der Waals surface area contributed by atoms with Gasteiger partial charge in [0.2, 0.25) is 0 Å². The molecular weight excluding hydrogens is 174 g/mol. The molecule has 0 spiro atoms. The van der Waals surface area contributed by atoms with Gasteiger partial charge in [-0.15, -0.1) is 0 Å². The van der Waals surface area contributed by atoms with Gasteiger partial charge in [-0.3, -0.25) is 4.98 Å². The standard InChI is InChI=1S/C11H9N3/c12-8-5-13-6-10-11(8)7-3-1-2-4-9(7)14-10/h1-6,14H,12H2. The Hall–Kier alpha value is -2.03. The van der Waals surface area contributed by atoms with Crippen molar-refractivity contribution in [2.75, 3.05) is 5.73 Å². The molecular formula is C11H9N3. The molecule has 2 aromatic heterocycles. The molecule has 68 valence electrons. The Labute approximate surface area is 80.6 Å². The van der Waals surface area contributed by atoms with Crippen LogP contribution in [0.3, 0.4) is 0 Å². The number of nitrogens with one attached hydrogen (secondary N) is 1. The lowest BCUT2D eigenvalue weighted by atomic mass is 10.2. The van der Waals surface area contributed by atoms with Crippen LogP contribution >= 0.6 is 0 Å². The normalized spacial score (nSPS) is 11.1. The fourth-order valence-corrected chi connectivity index (χ4v) is 1.83. The Kier molecular flexibility index (Phi) is 1.31. The third kappa shape index (κ3) is 0.836. The number of hydrogen-bond acceptors (Lipinski definition) is 2. The molecule has 0 radical (unpaired) electrons. The first-order chi connectivity index (χ1) is 6.86. The molecule has 0 saturated heterocycles. The van der Waals surface area contributed by atoms with E-state index in [1.54, 1.807) is 12.4 Å². The summed E-state index contributed by atoms with van der Waals surface area (Å²) in [4.78, 5) is 7.33. The van der Waals surface area contributed by atoms with Gasteiger partial charge in [0.15, 0.2) is 0 Å². The zero-order valence-electron chi connectivity index (χ0n) is 7.49. The van der Waals surface area contributed by atoms with Crippen LogP contribution in [-0.4, -0.2) is 9.97 Å². The predicted octanol–water partition coefficient (Wildman–Crippen LogP) is 2.30. The van der Waals surface area contributed by atoms with Crippen LogP contribution in [0.5, 0.6) is 0 Å². The molecule has 0 aliphatic heterocycles. The number of pyridine rings is 1. The second-order valence-corrected chi connectivity index (χ2v) is 3.32. The number of nitrogen functional groups attached to an aromatic ring is 1. The van der Waals surface area contributed by atoms with Gasteiger partial charge >= 0.3 is 0 Å². The minimum absolute atomic E-state index is 0.722. The van der Waals surface area contributed by atoms with Crippen molar-refractivity contribution in [3.63, 3.8) is 0 Å². The summed E-state index contributed by atoms with van der Waals surface area (Å²) in [5.74, 6) is 0. The van der Waals surface area contributed by atoms with Crippen LogP contribution in [0.2, 0.25) is 0 Å². The highest BCUT2D eigenvalue weighted by atomic mass is 14.8. The third-order valence-electron chi connectivity index (χ3n) is 2.44. The molecule has 3 aromatic rings. The van der Waals surface area contributed by atoms with Gasteiger partial charge in [-0.1, -0.05) is 18.2 Å². The van der Waals surface area contributed by atoms with Gasteiger partial charge in [0.1, 0.15) is 0 Å². The molecule has 3 heteroatoms. The number of aromatic amines is 1. The second kappa shape index (κ2) is 2.48. The van der Waals surface area contributed by atoms with E-state index in [-0.39, 0.29) is 0 Å². The SMILES string of the molecule is Nc1cncc2[nH]c3ccccc3c12. The van der Waals surface area contributed by atoms with Crippen LogP contribution in [0.15, 0.2) is 36.7 Å². The van der Waals surface area contributed by atoms with Gasteiger partial charge < -0.3 is 10.7 Å². The van der Waals surface area contributed by atoms with Gasteiger partial charge in [0, 0.05) is 16.3 Å². The lowest BCUT2D eigenvalue weighted by Crippen LogP contribution is -1.86. The average Bonchev–Trinajstić information content (AvgIpc) is 2.57. The van der Waals surface area contributed by atoms with Crippen molar-refractivity contribution < 1.29 is 0 Å². The maximum absolute atomic E-state index is 5.88. The number of H-pyrrole nitrogens is 1. The first kappa shape index (κ1) is 7.38. The summed E-state index contributed by atoms with van der Waals surface area (Å²) in [5.41, 5.74) is 8.70. The van der Waals surface area contributed by atoms with E-state index in [1.165, 1.54) is 0 Å². The Balaban J connectivity index is 2.65. The second-order valence-electron chi connectivity index (χ2n) is 3.32. The van der Waals surface area contributed by atoms with Crippen LogP contribution in [-0.2, 0) is 0 Å². The van der Waals surface area contributed by atoms with E-state index in [0.717, 1.165) is 27.5 Å². The summed E-state index contributed by atoms with van der Waals surface area (Å²) in [7, 11) is 0. The van der Waals surface area contributed by atoms with Gasteiger partial charge in [0.05, 0.1) is 23.6 Å². The Morgan fingerprint density at radius 1 is 1.07 bits per heavy atom. The number of anilines is 1. The molecule has 14 heavy (non-hydrogen) atoms. The topological polar surface area (TPSA) is 54.7 Å². The van der Waals surface area contributed by atoms with E-state index in [2.05, 4.69) is 16.0 Å². The summed E-state index contributed by atoms with van der Waals surface area (Å²) in [6, 6.07) is 8.11. The average molecular weight is 183 g/mol. The number of nitrogens with zero attached hydrogens (tertiary/aromatic N) is 1.